The molecule has 0 aliphatic heterocycles. The molecular formula is C40H28ClFN6O11. The van der Waals surface area contributed by atoms with Crippen LogP contribution in [0.25, 0.3) is 21.5 Å². The van der Waals surface area contributed by atoms with E-state index in [0.29, 0.717) is 32.9 Å². The van der Waals surface area contributed by atoms with Gasteiger partial charge in [0.15, 0.2) is 5.76 Å². The number of nitro groups is 3. The molecular weight excluding hydrogens is 795 g/mol. The van der Waals surface area contributed by atoms with Crippen LogP contribution in [0.5, 0.6) is 5.75 Å². The molecule has 0 aliphatic rings. The van der Waals surface area contributed by atoms with Gasteiger partial charge in [-0.3, -0.25) is 44.7 Å². The van der Waals surface area contributed by atoms with Gasteiger partial charge in [0.1, 0.15) is 16.6 Å². The van der Waals surface area contributed by atoms with Crippen molar-refractivity contribution in [3.8, 4) is 5.75 Å². The lowest BCUT2D eigenvalue weighted by Crippen LogP contribution is -2.14. The number of hydrogen-bond acceptors (Lipinski definition) is 11. The molecule has 298 valence electrons. The first-order valence-electron chi connectivity index (χ1n) is 16.8. The van der Waals surface area contributed by atoms with Crippen LogP contribution in [-0.2, 0) is 4.79 Å². The molecule has 0 radical (unpaired) electrons. The number of phenolic OH excluding ortho intramolecular Hbond substituents is 1. The molecule has 0 saturated carbocycles. The number of phenols is 1. The van der Waals surface area contributed by atoms with Gasteiger partial charge in [-0.2, -0.15) is 0 Å². The summed E-state index contributed by atoms with van der Waals surface area (Å²) in [6.07, 6.45) is 1.41. The second-order valence-corrected chi connectivity index (χ2v) is 12.4. The lowest BCUT2D eigenvalue weighted by molar-refractivity contribution is -0.384. The number of non-ortho nitro benzene ring substituents is 2. The van der Waals surface area contributed by atoms with Crippen molar-refractivity contribution in [1.82, 2.24) is 0 Å². The molecule has 3 amide bonds. The number of rotatable bonds is 8. The fourth-order valence-corrected chi connectivity index (χ4v) is 5.74. The number of nitrogens with one attached hydrogen (secondary N) is 3. The number of carbonyl (C=O) groups excluding carboxylic acids is 3. The van der Waals surface area contributed by atoms with Crippen molar-refractivity contribution in [3.63, 3.8) is 0 Å². The van der Waals surface area contributed by atoms with Crippen LogP contribution >= 0.6 is 11.6 Å². The molecule has 1 aromatic heterocycles. The van der Waals surface area contributed by atoms with Gasteiger partial charge in [0, 0.05) is 41.2 Å². The first-order valence-corrected chi connectivity index (χ1v) is 17.2. The fraction of sp³-hybridized carbons (Fsp3) is 0.0250. The van der Waals surface area contributed by atoms with Crippen molar-refractivity contribution in [3.05, 3.63) is 180 Å². The minimum absolute atomic E-state index is 0.00148. The minimum atomic E-state index is -0.723. The molecule has 1 heterocycles. The highest BCUT2D eigenvalue weighted by atomic mass is 35.5. The average Bonchev–Trinajstić information content (AvgIpc) is 3.75. The number of carbonyl (C=O) groups is 3. The average molecular weight is 823 g/mol. The molecule has 0 aliphatic carbocycles. The van der Waals surface area contributed by atoms with E-state index in [2.05, 4.69) is 16.0 Å². The highest BCUT2D eigenvalue weighted by molar-refractivity contribution is 6.33. The predicted octanol–water partition coefficient (Wildman–Crippen LogP) is 9.64. The molecule has 0 atom stereocenters. The highest BCUT2D eigenvalue weighted by Crippen LogP contribution is 2.35. The molecule has 0 spiro atoms. The van der Waals surface area contributed by atoms with Gasteiger partial charge in [-0.15, -0.1) is 0 Å². The summed E-state index contributed by atoms with van der Waals surface area (Å²) in [5.74, 6) is -2.27. The van der Waals surface area contributed by atoms with Crippen LogP contribution in [0.4, 0.5) is 38.5 Å². The van der Waals surface area contributed by atoms with E-state index in [0.717, 1.165) is 12.1 Å². The number of furan rings is 1. The topological polar surface area (TPSA) is 250 Å². The Morgan fingerprint density at radius 2 is 1.10 bits per heavy atom. The van der Waals surface area contributed by atoms with Crippen LogP contribution in [0.3, 0.4) is 0 Å². The number of fused-ring (bicyclic) bond motifs is 2. The summed E-state index contributed by atoms with van der Waals surface area (Å²) in [6, 6.07) is 29.9. The van der Waals surface area contributed by atoms with E-state index in [-0.39, 0.29) is 33.4 Å². The largest absolute Gasteiger partial charge is 0.506 e. The molecule has 0 bridgehead atoms. The van der Waals surface area contributed by atoms with E-state index < -0.39 is 49.7 Å². The number of anilines is 3. The molecule has 19 heteroatoms. The lowest BCUT2D eigenvalue weighted by Gasteiger charge is -2.09. The molecule has 0 saturated heterocycles. The van der Waals surface area contributed by atoms with E-state index in [1.807, 2.05) is 0 Å². The Kier molecular flexibility index (Phi) is 13.2. The zero-order valence-corrected chi connectivity index (χ0v) is 31.0. The number of hydrogen-bond donors (Lipinski definition) is 4. The number of amides is 3. The molecule has 4 N–H and O–H groups in total. The van der Waals surface area contributed by atoms with Gasteiger partial charge in [0.05, 0.1) is 49.1 Å². The van der Waals surface area contributed by atoms with Gasteiger partial charge in [0.25, 0.3) is 28.9 Å². The SMILES string of the molecule is CC(=O)Nc1cc(Cl)c([N+](=O)[O-])cc1O.O=C(Nc1ccc([N+](=O)[O-])c2ccccc12)c1ccccc1F.O=C(Nc1ccc([N+](=O)[O-])c2ccccc12)c1ccco1. The van der Waals surface area contributed by atoms with Gasteiger partial charge in [-0.05, 0) is 54.6 Å². The molecule has 7 rings (SSSR count). The second-order valence-electron chi connectivity index (χ2n) is 12.0. The van der Waals surface area contributed by atoms with Crippen LogP contribution in [-0.4, -0.2) is 37.6 Å². The van der Waals surface area contributed by atoms with Crippen molar-refractivity contribution in [2.75, 3.05) is 16.0 Å². The van der Waals surface area contributed by atoms with Gasteiger partial charge in [0.2, 0.25) is 5.91 Å². The minimum Gasteiger partial charge on any atom is -0.506 e. The maximum atomic E-state index is 13.7. The summed E-state index contributed by atoms with van der Waals surface area (Å²) in [4.78, 5) is 65.8. The molecule has 7 aromatic rings. The fourth-order valence-electron chi connectivity index (χ4n) is 5.51. The standard InChI is InChI=1S/C17H11FN2O3.C15H10N2O4.C8H7ClN2O4/c18-14-8-4-3-7-13(14)17(21)19-15-9-10-16(20(22)23)12-6-2-1-5-11(12)15;18-15(14-6-3-9-21-14)16-12-7-8-13(17(19)20)11-5-2-1-4-10(11)12;1-4(12)10-6-2-5(9)7(11(14)15)3-8(6)13/h1-10H,(H,19,21);1-9H,(H,16,18);2-3,13H,1H3,(H,10,12). The quantitative estimate of drug-likeness (QED) is 0.0638. The van der Waals surface area contributed by atoms with E-state index in [1.54, 1.807) is 66.7 Å². The Hall–Kier alpha value is -8.25. The Labute approximate surface area is 336 Å². The van der Waals surface area contributed by atoms with Gasteiger partial charge in [-0.25, -0.2) is 4.39 Å². The third-order valence-corrected chi connectivity index (χ3v) is 8.43. The number of nitro benzene ring substituents is 3. The normalized spacial score (nSPS) is 10.3. The van der Waals surface area contributed by atoms with Crippen LogP contribution in [0.15, 0.2) is 132 Å². The summed E-state index contributed by atoms with van der Waals surface area (Å²) in [5.41, 5.74) is 0.374. The zero-order chi connectivity index (χ0) is 42.8. The summed E-state index contributed by atoms with van der Waals surface area (Å²) in [7, 11) is 0. The molecule has 0 fully saturated rings. The highest BCUT2D eigenvalue weighted by Gasteiger charge is 2.19. The Morgan fingerprint density at radius 3 is 1.58 bits per heavy atom. The van der Waals surface area contributed by atoms with Gasteiger partial charge < -0.3 is 25.5 Å². The Morgan fingerprint density at radius 1 is 0.610 bits per heavy atom. The van der Waals surface area contributed by atoms with Crippen molar-refractivity contribution in [2.24, 2.45) is 0 Å². The third-order valence-electron chi connectivity index (χ3n) is 8.13. The van der Waals surface area contributed by atoms with E-state index in [4.69, 9.17) is 16.0 Å². The maximum absolute atomic E-state index is 13.7. The summed E-state index contributed by atoms with van der Waals surface area (Å²) < 4.78 is 18.7. The first kappa shape index (κ1) is 41.9. The zero-order valence-electron chi connectivity index (χ0n) is 30.3. The smallest absolute Gasteiger partial charge is 0.291 e. The van der Waals surface area contributed by atoms with E-state index in [1.165, 1.54) is 55.7 Å². The Balaban J connectivity index is 0.000000172. The summed E-state index contributed by atoms with van der Waals surface area (Å²) in [6.45, 7) is 1.24. The monoisotopic (exact) mass is 822 g/mol. The van der Waals surface area contributed by atoms with Crippen molar-refractivity contribution >= 4 is 85.0 Å². The first-order chi connectivity index (χ1) is 28.2. The summed E-state index contributed by atoms with van der Waals surface area (Å²) >= 11 is 5.58. The molecule has 6 aromatic carbocycles. The summed E-state index contributed by atoms with van der Waals surface area (Å²) in [5, 5.41) is 51.3. The van der Waals surface area contributed by atoms with Gasteiger partial charge >= 0.3 is 0 Å². The van der Waals surface area contributed by atoms with Gasteiger partial charge in [-0.1, -0.05) is 60.1 Å². The lowest BCUT2D eigenvalue weighted by atomic mass is 10.1. The van der Waals surface area contributed by atoms with Crippen LogP contribution in [0, 0.1) is 36.2 Å². The predicted molar refractivity (Wildman–Crippen MR) is 216 cm³/mol. The molecule has 59 heavy (non-hydrogen) atoms. The number of aromatic hydroxyl groups is 1. The molecule has 17 nitrogen and oxygen atoms in total. The van der Waals surface area contributed by atoms with E-state index in [9.17, 15) is 54.2 Å². The van der Waals surface area contributed by atoms with Crippen molar-refractivity contribution in [1.29, 1.82) is 0 Å². The van der Waals surface area contributed by atoms with Crippen molar-refractivity contribution in [2.45, 2.75) is 6.92 Å². The van der Waals surface area contributed by atoms with Crippen LogP contribution in [0.2, 0.25) is 5.02 Å². The second kappa shape index (κ2) is 18.6. The Bertz CT molecular complexity index is 2760. The molecule has 0 unspecified atom stereocenters. The van der Waals surface area contributed by atoms with Crippen LogP contribution in [0.1, 0.15) is 27.8 Å². The van der Waals surface area contributed by atoms with Crippen molar-refractivity contribution < 1.29 is 43.1 Å². The van der Waals surface area contributed by atoms with Crippen LogP contribution < -0.4 is 16.0 Å². The third kappa shape index (κ3) is 10.1. The van der Waals surface area contributed by atoms with E-state index >= 15 is 0 Å². The number of halogens is 2. The maximum Gasteiger partial charge on any atom is 0.291 e. The number of nitrogens with zero attached hydrogens (tertiary/aromatic N) is 3. The number of benzene rings is 6.